The van der Waals surface area contributed by atoms with Crippen molar-refractivity contribution >= 4 is 5.97 Å². The molecule has 1 aromatic rings. The van der Waals surface area contributed by atoms with Crippen LogP contribution < -0.4 is 10.1 Å². The zero-order valence-corrected chi connectivity index (χ0v) is 10.8. The van der Waals surface area contributed by atoms with Gasteiger partial charge in [0.1, 0.15) is 11.6 Å². The van der Waals surface area contributed by atoms with E-state index in [9.17, 15) is 9.18 Å². The molecule has 100 valence electrons. The summed E-state index contributed by atoms with van der Waals surface area (Å²) in [5, 5.41) is 2.90. The smallest absolute Gasteiger partial charge is 0.319 e. The first-order valence-corrected chi connectivity index (χ1v) is 5.81. The highest BCUT2D eigenvalue weighted by Gasteiger charge is 2.17. The van der Waals surface area contributed by atoms with Gasteiger partial charge in [-0.05, 0) is 26.0 Å². The second kappa shape index (κ2) is 6.96. The van der Waals surface area contributed by atoms with Crippen molar-refractivity contribution in [2.24, 2.45) is 0 Å². The Morgan fingerprint density at radius 3 is 2.83 bits per heavy atom. The first-order chi connectivity index (χ1) is 8.60. The molecule has 1 atom stereocenters. The number of carbonyl (C=O) groups is 1. The molecule has 0 bridgehead atoms. The summed E-state index contributed by atoms with van der Waals surface area (Å²) < 4.78 is 23.6. The lowest BCUT2D eigenvalue weighted by molar-refractivity contribution is -0.142. The molecule has 0 aliphatic rings. The van der Waals surface area contributed by atoms with Crippen LogP contribution in [0.1, 0.15) is 25.5 Å². The van der Waals surface area contributed by atoms with Gasteiger partial charge in [0, 0.05) is 11.6 Å². The number of rotatable bonds is 6. The van der Waals surface area contributed by atoms with Crippen molar-refractivity contribution in [2.75, 3.05) is 20.3 Å². The van der Waals surface area contributed by atoms with Gasteiger partial charge in [0.15, 0.2) is 0 Å². The molecule has 0 saturated carbocycles. The number of nitrogens with one attached hydrogen (secondary N) is 1. The fraction of sp³-hybridized carbons (Fsp3) is 0.462. The van der Waals surface area contributed by atoms with E-state index in [2.05, 4.69) is 5.32 Å². The number of hydrogen-bond donors (Lipinski definition) is 1. The van der Waals surface area contributed by atoms with Crippen LogP contribution in [-0.4, -0.2) is 26.2 Å². The average molecular weight is 255 g/mol. The summed E-state index contributed by atoms with van der Waals surface area (Å²) in [6, 6.07) is 4.28. The van der Waals surface area contributed by atoms with Gasteiger partial charge in [-0.15, -0.1) is 0 Å². The first kappa shape index (κ1) is 14.4. The van der Waals surface area contributed by atoms with Crippen LogP contribution in [0.5, 0.6) is 5.75 Å². The van der Waals surface area contributed by atoms with Gasteiger partial charge >= 0.3 is 5.97 Å². The van der Waals surface area contributed by atoms with E-state index in [1.165, 1.54) is 13.2 Å². The molecule has 0 aliphatic carbocycles. The normalized spacial score (nSPS) is 12.0. The highest BCUT2D eigenvalue weighted by molar-refractivity contribution is 5.71. The molecule has 0 saturated heterocycles. The fourth-order valence-corrected chi connectivity index (χ4v) is 1.67. The Kier molecular flexibility index (Phi) is 5.58. The standard InChI is InChI=1S/C13H18FNO3/c1-4-18-12(16)8-15-9(2)13-10(14)6-5-7-11(13)17-3/h5-7,9,15H,4,8H2,1-3H3. The van der Waals surface area contributed by atoms with E-state index in [0.29, 0.717) is 17.9 Å². The lowest BCUT2D eigenvalue weighted by Gasteiger charge is -2.17. The van der Waals surface area contributed by atoms with Crippen molar-refractivity contribution in [1.82, 2.24) is 5.32 Å². The number of benzene rings is 1. The Balaban J connectivity index is 2.72. The molecule has 0 fully saturated rings. The molecule has 0 heterocycles. The summed E-state index contributed by atoms with van der Waals surface area (Å²) in [7, 11) is 1.48. The summed E-state index contributed by atoms with van der Waals surface area (Å²) in [6.07, 6.45) is 0. The molecule has 0 aliphatic heterocycles. The Hall–Kier alpha value is -1.62. The lowest BCUT2D eigenvalue weighted by atomic mass is 10.1. The maximum Gasteiger partial charge on any atom is 0.319 e. The van der Waals surface area contributed by atoms with Crippen LogP contribution >= 0.6 is 0 Å². The summed E-state index contributed by atoms with van der Waals surface area (Å²) in [4.78, 5) is 11.2. The Labute approximate surface area is 106 Å². The number of esters is 1. The third kappa shape index (κ3) is 3.70. The van der Waals surface area contributed by atoms with Crippen molar-refractivity contribution in [1.29, 1.82) is 0 Å². The summed E-state index contributed by atoms with van der Waals surface area (Å²) >= 11 is 0. The molecule has 0 radical (unpaired) electrons. The Bertz CT molecular complexity index is 409. The third-order valence-corrected chi connectivity index (χ3v) is 2.52. The van der Waals surface area contributed by atoms with Gasteiger partial charge in [0.25, 0.3) is 0 Å². The number of ether oxygens (including phenoxy) is 2. The Morgan fingerprint density at radius 1 is 1.50 bits per heavy atom. The van der Waals surface area contributed by atoms with Gasteiger partial charge in [0.05, 0.1) is 20.3 Å². The van der Waals surface area contributed by atoms with E-state index >= 15 is 0 Å². The molecule has 1 rings (SSSR count). The minimum absolute atomic E-state index is 0.0342. The molecular weight excluding hydrogens is 237 g/mol. The van der Waals surface area contributed by atoms with E-state index in [1.807, 2.05) is 0 Å². The monoisotopic (exact) mass is 255 g/mol. The van der Waals surface area contributed by atoms with Gasteiger partial charge in [-0.2, -0.15) is 0 Å². The van der Waals surface area contributed by atoms with Crippen molar-refractivity contribution in [3.63, 3.8) is 0 Å². The molecular formula is C13H18FNO3. The van der Waals surface area contributed by atoms with E-state index in [4.69, 9.17) is 9.47 Å². The van der Waals surface area contributed by atoms with Gasteiger partial charge in [-0.3, -0.25) is 4.79 Å². The predicted octanol–water partition coefficient (Wildman–Crippen LogP) is 2.05. The van der Waals surface area contributed by atoms with Gasteiger partial charge in [-0.1, -0.05) is 6.07 Å². The molecule has 0 aromatic heterocycles. The van der Waals surface area contributed by atoms with Crippen molar-refractivity contribution < 1.29 is 18.7 Å². The van der Waals surface area contributed by atoms with Gasteiger partial charge < -0.3 is 14.8 Å². The second-order valence-corrected chi connectivity index (χ2v) is 3.76. The minimum atomic E-state index is -0.363. The van der Waals surface area contributed by atoms with Crippen molar-refractivity contribution in [3.05, 3.63) is 29.6 Å². The molecule has 1 aromatic carbocycles. The highest BCUT2D eigenvalue weighted by Crippen LogP contribution is 2.27. The van der Waals surface area contributed by atoms with E-state index in [1.54, 1.807) is 26.0 Å². The maximum absolute atomic E-state index is 13.7. The van der Waals surface area contributed by atoms with Crippen LogP contribution in [0, 0.1) is 5.82 Å². The average Bonchev–Trinajstić information content (AvgIpc) is 2.36. The zero-order valence-electron chi connectivity index (χ0n) is 10.8. The summed E-state index contributed by atoms with van der Waals surface area (Å²) in [5.41, 5.74) is 0.407. The molecule has 4 nitrogen and oxygen atoms in total. The molecule has 1 unspecified atom stereocenters. The number of hydrogen-bond acceptors (Lipinski definition) is 4. The van der Waals surface area contributed by atoms with Crippen molar-refractivity contribution in [3.8, 4) is 5.75 Å². The summed E-state index contributed by atoms with van der Waals surface area (Å²) in [6.45, 7) is 3.87. The second-order valence-electron chi connectivity index (χ2n) is 3.76. The fourth-order valence-electron chi connectivity index (χ4n) is 1.67. The predicted molar refractivity (Wildman–Crippen MR) is 66.0 cm³/mol. The topological polar surface area (TPSA) is 47.6 Å². The first-order valence-electron chi connectivity index (χ1n) is 5.81. The SMILES string of the molecule is CCOC(=O)CNC(C)c1c(F)cccc1OC. The molecule has 0 spiro atoms. The Morgan fingerprint density at radius 2 is 2.22 bits per heavy atom. The largest absolute Gasteiger partial charge is 0.496 e. The molecule has 5 heteroatoms. The van der Waals surface area contributed by atoms with Crippen LogP contribution in [0.4, 0.5) is 4.39 Å². The van der Waals surface area contributed by atoms with Crippen LogP contribution in [0.25, 0.3) is 0 Å². The lowest BCUT2D eigenvalue weighted by Crippen LogP contribution is -2.28. The highest BCUT2D eigenvalue weighted by atomic mass is 19.1. The number of carbonyl (C=O) groups excluding carboxylic acids is 1. The molecule has 0 amide bonds. The van der Waals surface area contributed by atoms with Gasteiger partial charge in [0.2, 0.25) is 0 Å². The molecule has 1 N–H and O–H groups in total. The quantitative estimate of drug-likeness (QED) is 0.790. The van der Waals surface area contributed by atoms with E-state index in [-0.39, 0.29) is 24.4 Å². The van der Waals surface area contributed by atoms with Crippen LogP contribution in [0.2, 0.25) is 0 Å². The van der Waals surface area contributed by atoms with Crippen LogP contribution in [0.3, 0.4) is 0 Å². The van der Waals surface area contributed by atoms with E-state index in [0.717, 1.165) is 0 Å². The molecule has 18 heavy (non-hydrogen) atoms. The third-order valence-electron chi connectivity index (χ3n) is 2.52. The number of halogens is 1. The zero-order chi connectivity index (χ0) is 13.5. The van der Waals surface area contributed by atoms with Crippen LogP contribution in [-0.2, 0) is 9.53 Å². The van der Waals surface area contributed by atoms with Crippen LogP contribution in [0.15, 0.2) is 18.2 Å². The van der Waals surface area contributed by atoms with E-state index < -0.39 is 0 Å². The minimum Gasteiger partial charge on any atom is -0.496 e. The van der Waals surface area contributed by atoms with Crippen molar-refractivity contribution in [2.45, 2.75) is 19.9 Å². The maximum atomic E-state index is 13.7. The number of methoxy groups -OCH3 is 1. The van der Waals surface area contributed by atoms with Gasteiger partial charge in [-0.25, -0.2) is 4.39 Å². The summed E-state index contributed by atoms with van der Waals surface area (Å²) in [5.74, 6) is -0.267.